The number of rotatable bonds is 3. The van der Waals surface area contributed by atoms with Gasteiger partial charge in [0.05, 0.1) is 19.1 Å². The molecule has 0 aliphatic carbocycles. The van der Waals surface area contributed by atoms with Gasteiger partial charge < -0.3 is 14.8 Å². The summed E-state index contributed by atoms with van der Waals surface area (Å²) in [5, 5.41) is 3.09. The third kappa shape index (κ3) is 2.99. The highest BCUT2D eigenvalue weighted by Gasteiger charge is 2.49. The second kappa shape index (κ2) is 6.48. The summed E-state index contributed by atoms with van der Waals surface area (Å²) >= 11 is 0. The molecule has 2 fully saturated rings. The summed E-state index contributed by atoms with van der Waals surface area (Å²) in [6.07, 6.45) is 5.04. The Morgan fingerprint density at radius 3 is 2.91 bits per heavy atom. The number of esters is 1. The van der Waals surface area contributed by atoms with Crippen molar-refractivity contribution in [2.45, 2.75) is 44.8 Å². The molecule has 1 N–H and O–H groups in total. The predicted octanol–water partition coefficient (Wildman–Crippen LogP) is 2.05. The van der Waals surface area contributed by atoms with Crippen LogP contribution in [0.2, 0.25) is 0 Å². The van der Waals surface area contributed by atoms with Crippen LogP contribution in [0.15, 0.2) is 35.6 Å². The predicted molar refractivity (Wildman–Crippen MR) is 83.1 cm³/mol. The number of methoxy groups -OCH3 is 1. The molecule has 0 amide bonds. The van der Waals surface area contributed by atoms with Crippen molar-refractivity contribution in [1.82, 2.24) is 5.32 Å². The highest BCUT2D eigenvalue weighted by molar-refractivity contribution is 6.01. The summed E-state index contributed by atoms with van der Waals surface area (Å²) in [7, 11) is 1.36. The molecule has 2 rings (SSSR count). The monoisotopic (exact) mass is 305 g/mol. The van der Waals surface area contributed by atoms with Crippen LogP contribution in [-0.4, -0.2) is 37.0 Å². The van der Waals surface area contributed by atoms with E-state index in [1.807, 2.05) is 19.9 Å². The van der Waals surface area contributed by atoms with E-state index in [1.165, 1.54) is 7.11 Å². The zero-order valence-corrected chi connectivity index (χ0v) is 13.4. The quantitative estimate of drug-likeness (QED) is 0.638. The van der Waals surface area contributed by atoms with E-state index in [9.17, 15) is 9.59 Å². The van der Waals surface area contributed by atoms with Gasteiger partial charge in [0.2, 0.25) is 0 Å². The number of ether oxygens (including phenoxy) is 2. The van der Waals surface area contributed by atoms with Crippen molar-refractivity contribution in [3.8, 4) is 0 Å². The fourth-order valence-electron chi connectivity index (χ4n) is 3.03. The summed E-state index contributed by atoms with van der Waals surface area (Å²) < 4.78 is 10.9. The minimum absolute atomic E-state index is 0.0377. The highest BCUT2D eigenvalue weighted by Crippen LogP contribution is 2.39. The summed E-state index contributed by atoms with van der Waals surface area (Å²) in [4.78, 5) is 24.3. The Morgan fingerprint density at radius 1 is 1.59 bits per heavy atom. The average Bonchev–Trinajstić information content (AvgIpc) is 2.89. The maximum absolute atomic E-state index is 12.6. The van der Waals surface area contributed by atoms with Crippen molar-refractivity contribution in [1.29, 1.82) is 0 Å². The lowest BCUT2D eigenvalue weighted by atomic mass is 9.85. The summed E-state index contributed by atoms with van der Waals surface area (Å²) in [5.41, 5.74) is 0.751. The van der Waals surface area contributed by atoms with E-state index in [1.54, 1.807) is 6.08 Å². The van der Waals surface area contributed by atoms with Crippen LogP contribution in [0, 0.1) is 0 Å². The number of allylic oxidation sites excluding steroid dienone is 4. The van der Waals surface area contributed by atoms with Crippen LogP contribution in [0.3, 0.4) is 0 Å². The molecule has 0 bridgehead atoms. The average molecular weight is 305 g/mol. The molecule has 22 heavy (non-hydrogen) atoms. The molecule has 0 aromatic heterocycles. The molecule has 0 saturated carbocycles. The van der Waals surface area contributed by atoms with E-state index in [4.69, 9.17) is 9.47 Å². The smallest absolute Gasteiger partial charge is 0.323 e. The molecule has 0 aromatic rings. The molecule has 5 heteroatoms. The van der Waals surface area contributed by atoms with E-state index >= 15 is 0 Å². The Labute approximate surface area is 131 Å². The van der Waals surface area contributed by atoms with Gasteiger partial charge in [-0.2, -0.15) is 0 Å². The summed E-state index contributed by atoms with van der Waals surface area (Å²) in [6.45, 7) is 8.04. The third-order valence-corrected chi connectivity index (χ3v) is 4.16. The topological polar surface area (TPSA) is 64.6 Å². The molecule has 2 heterocycles. The van der Waals surface area contributed by atoms with Crippen LogP contribution in [0.1, 0.15) is 33.1 Å². The van der Waals surface area contributed by atoms with E-state index in [0.717, 1.165) is 12.0 Å². The largest absolute Gasteiger partial charge is 0.485 e. The molecule has 2 unspecified atom stereocenters. The van der Waals surface area contributed by atoms with E-state index < -0.39 is 11.6 Å². The van der Waals surface area contributed by atoms with Gasteiger partial charge in [-0.1, -0.05) is 19.6 Å². The van der Waals surface area contributed by atoms with Crippen LogP contribution in [-0.2, 0) is 19.1 Å². The first-order valence-corrected chi connectivity index (χ1v) is 7.53. The lowest BCUT2D eigenvalue weighted by Gasteiger charge is -2.36. The van der Waals surface area contributed by atoms with Gasteiger partial charge in [0.25, 0.3) is 0 Å². The fraction of sp³-hybridized carbons (Fsp3) is 0.529. The Bertz CT molecular complexity index is 561. The van der Waals surface area contributed by atoms with Gasteiger partial charge in [0, 0.05) is 13.0 Å². The lowest BCUT2D eigenvalue weighted by Crippen LogP contribution is -2.42. The number of hydrogen-bond donors (Lipinski definition) is 1. The van der Waals surface area contributed by atoms with Crippen molar-refractivity contribution < 1.29 is 19.1 Å². The van der Waals surface area contributed by atoms with Crippen molar-refractivity contribution in [3.63, 3.8) is 0 Å². The molecule has 2 aliphatic heterocycles. The van der Waals surface area contributed by atoms with Gasteiger partial charge in [-0.15, -0.1) is 0 Å². The fourth-order valence-corrected chi connectivity index (χ4v) is 3.03. The number of carbonyl (C=O) groups excluding carboxylic acids is 2. The standard InChI is InChI=1S/C17H23NO4/c1-5-7-14-15(11(3)6-2)13(19)9-17(22-14)8-12(18-10-17)16(20)21-4/h6-7,12,18H,2,5,8-10H2,1,3-4H3/b14-7-,15-11+. The number of ketones is 1. The molecule has 1 spiro atoms. The molecule has 120 valence electrons. The van der Waals surface area contributed by atoms with Crippen molar-refractivity contribution in [2.75, 3.05) is 13.7 Å². The number of nitrogens with one attached hydrogen (secondary N) is 1. The van der Waals surface area contributed by atoms with E-state index in [-0.39, 0.29) is 18.2 Å². The minimum atomic E-state index is -0.665. The summed E-state index contributed by atoms with van der Waals surface area (Å²) in [6, 6.07) is -0.424. The van der Waals surface area contributed by atoms with Gasteiger partial charge >= 0.3 is 5.97 Å². The third-order valence-electron chi connectivity index (χ3n) is 4.16. The zero-order chi connectivity index (χ0) is 16.3. The van der Waals surface area contributed by atoms with Gasteiger partial charge in [0.15, 0.2) is 5.78 Å². The second-order valence-electron chi connectivity index (χ2n) is 5.78. The van der Waals surface area contributed by atoms with Crippen molar-refractivity contribution >= 4 is 11.8 Å². The van der Waals surface area contributed by atoms with Gasteiger partial charge in [0.1, 0.15) is 17.4 Å². The Hall–Kier alpha value is -1.88. The molecule has 2 saturated heterocycles. The first kappa shape index (κ1) is 16.5. The SMILES string of the molecule is C=C/C(C)=C1\C(=O)CC2(CNC(C(=O)OC)C2)O\C1=C/CC. The van der Waals surface area contributed by atoms with Crippen LogP contribution in [0.5, 0.6) is 0 Å². The maximum Gasteiger partial charge on any atom is 0.323 e. The Kier molecular flexibility index (Phi) is 4.86. The number of carbonyl (C=O) groups is 2. The molecule has 0 aromatic carbocycles. The molecule has 0 radical (unpaired) electrons. The van der Waals surface area contributed by atoms with Gasteiger partial charge in [-0.05, 0) is 25.0 Å². The minimum Gasteiger partial charge on any atom is -0.485 e. The Balaban J connectivity index is 2.30. The zero-order valence-electron chi connectivity index (χ0n) is 13.4. The lowest BCUT2D eigenvalue weighted by molar-refractivity contribution is -0.143. The second-order valence-corrected chi connectivity index (χ2v) is 5.78. The number of hydrogen-bond acceptors (Lipinski definition) is 5. The maximum atomic E-state index is 12.6. The van der Waals surface area contributed by atoms with Crippen molar-refractivity contribution in [2.24, 2.45) is 0 Å². The molecule has 2 atom stereocenters. The summed E-state index contributed by atoms with van der Waals surface area (Å²) in [5.74, 6) is 0.316. The molecule has 2 aliphatic rings. The van der Waals surface area contributed by atoms with Gasteiger partial charge in [-0.3, -0.25) is 9.59 Å². The first-order valence-electron chi connectivity index (χ1n) is 7.53. The molecular formula is C17H23NO4. The Morgan fingerprint density at radius 2 is 2.32 bits per heavy atom. The van der Waals surface area contributed by atoms with Crippen LogP contribution < -0.4 is 5.32 Å². The molecular weight excluding hydrogens is 282 g/mol. The highest BCUT2D eigenvalue weighted by atomic mass is 16.5. The van der Waals surface area contributed by atoms with E-state index in [0.29, 0.717) is 24.3 Å². The van der Waals surface area contributed by atoms with E-state index in [2.05, 4.69) is 11.9 Å². The molecule has 5 nitrogen and oxygen atoms in total. The normalized spacial score (nSPS) is 32.0. The first-order chi connectivity index (χ1) is 10.5. The van der Waals surface area contributed by atoms with Crippen LogP contribution in [0.4, 0.5) is 0 Å². The van der Waals surface area contributed by atoms with Crippen LogP contribution in [0.25, 0.3) is 0 Å². The van der Waals surface area contributed by atoms with Crippen molar-refractivity contribution in [3.05, 3.63) is 35.6 Å². The van der Waals surface area contributed by atoms with Crippen LogP contribution >= 0.6 is 0 Å². The van der Waals surface area contributed by atoms with Gasteiger partial charge in [-0.25, -0.2) is 0 Å². The number of Topliss-reactive ketones (excluding diaryl/α,β-unsaturated/α-hetero) is 1.